The molecule has 1 aliphatic heterocycles. The molecule has 3 N–H and O–H groups in total. The second kappa shape index (κ2) is 7.06. The van der Waals surface area contributed by atoms with Crippen LogP contribution in [0.5, 0.6) is 0 Å². The van der Waals surface area contributed by atoms with E-state index in [0.717, 1.165) is 38.1 Å². The smallest absolute Gasteiger partial charge is 0.229 e. The van der Waals surface area contributed by atoms with E-state index >= 15 is 0 Å². The first-order chi connectivity index (χ1) is 10.3. The van der Waals surface area contributed by atoms with Crippen molar-refractivity contribution in [3.8, 4) is 0 Å². The molecule has 1 aromatic carbocycles. The number of sulfonamides is 1. The van der Waals surface area contributed by atoms with Crippen LogP contribution < -0.4 is 15.4 Å². The zero-order valence-electron chi connectivity index (χ0n) is 12.4. The summed E-state index contributed by atoms with van der Waals surface area (Å²) in [5, 5.41) is 5.96. The number of amides is 1. The van der Waals surface area contributed by atoms with Gasteiger partial charge in [0.15, 0.2) is 0 Å². The zero-order chi connectivity index (χ0) is 16.2. The fourth-order valence-electron chi connectivity index (χ4n) is 2.41. The van der Waals surface area contributed by atoms with Gasteiger partial charge in [-0.1, -0.05) is 0 Å². The molecule has 122 valence electrons. The summed E-state index contributed by atoms with van der Waals surface area (Å²) >= 11 is 0. The number of hydrogen-bond donors (Lipinski definition) is 3. The van der Waals surface area contributed by atoms with Gasteiger partial charge in [-0.25, -0.2) is 12.8 Å². The van der Waals surface area contributed by atoms with Crippen molar-refractivity contribution in [3.05, 3.63) is 24.0 Å². The van der Waals surface area contributed by atoms with Crippen LogP contribution in [-0.4, -0.2) is 33.2 Å². The highest BCUT2D eigenvalue weighted by Gasteiger charge is 2.15. The highest BCUT2D eigenvalue weighted by molar-refractivity contribution is 7.92. The maximum absolute atomic E-state index is 13.5. The Hall–Kier alpha value is -1.67. The maximum Gasteiger partial charge on any atom is 0.229 e. The van der Waals surface area contributed by atoms with Crippen LogP contribution in [0, 0.1) is 5.82 Å². The molecule has 8 heteroatoms. The lowest BCUT2D eigenvalue weighted by molar-refractivity contribution is -0.116. The van der Waals surface area contributed by atoms with Crippen LogP contribution in [0.1, 0.15) is 25.7 Å². The van der Waals surface area contributed by atoms with Crippen molar-refractivity contribution >= 4 is 27.3 Å². The topological polar surface area (TPSA) is 87.3 Å². The number of hydrogen-bond acceptors (Lipinski definition) is 4. The predicted octanol–water partition coefficient (Wildman–Crippen LogP) is 1.67. The molecule has 0 saturated carbocycles. The van der Waals surface area contributed by atoms with Gasteiger partial charge in [-0.3, -0.25) is 9.52 Å². The van der Waals surface area contributed by atoms with E-state index in [0.29, 0.717) is 18.2 Å². The molecule has 2 rings (SSSR count). The van der Waals surface area contributed by atoms with Gasteiger partial charge in [0.05, 0.1) is 11.9 Å². The van der Waals surface area contributed by atoms with Gasteiger partial charge in [0.2, 0.25) is 15.9 Å². The van der Waals surface area contributed by atoms with Gasteiger partial charge in [0.1, 0.15) is 5.82 Å². The van der Waals surface area contributed by atoms with Crippen molar-refractivity contribution in [2.24, 2.45) is 0 Å². The Labute approximate surface area is 129 Å². The third-order valence-electron chi connectivity index (χ3n) is 3.43. The average molecular weight is 329 g/mol. The molecule has 1 unspecified atom stereocenters. The van der Waals surface area contributed by atoms with Gasteiger partial charge >= 0.3 is 0 Å². The Bertz CT molecular complexity index is 643. The van der Waals surface area contributed by atoms with Gasteiger partial charge < -0.3 is 10.6 Å². The minimum Gasteiger partial charge on any atom is -0.326 e. The van der Waals surface area contributed by atoms with Gasteiger partial charge in [-0.15, -0.1) is 0 Å². The van der Waals surface area contributed by atoms with Gasteiger partial charge in [-0.05, 0) is 44.0 Å². The van der Waals surface area contributed by atoms with Crippen molar-refractivity contribution < 1.29 is 17.6 Å². The van der Waals surface area contributed by atoms with Gasteiger partial charge in [-0.2, -0.15) is 0 Å². The summed E-state index contributed by atoms with van der Waals surface area (Å²) in [4.78, 5) is 11.9. The predicted molar refractivity (Wildman–Crippen MR) is 83.8 cm³/mol. The molecule has 0 aromatic heterocycles. The average Bonchev–Trinajstić information content (AvgIpc) is 2.92. The summed E-state index contributed by atoms with van der Waals surface area (Å²) in [6.07, 6.45) is 4.26. The number of halogens is 1. The molecule has 1 aliphatic rings. The summed E-state index contributed by atoms with van der Waals surface area (Å²) < 4.78 is 37.9. The number of carbonyl (C=O) groups excluding carboxylic acids is 1. The monoisotopic (exact) mass is 329 g/mol. The number of carbonyl (C=O) groups is 1. The molecule has 0 bridgehead atoms. The molecule has 0 aliphatic carbocycles. The molecule has 1 aromatic rings. The highest BCUT2D eigenvalue weighted by Crippen LogP contribution is 2.21. The fourth-order valence-corrected chi connectivity index (χ4v) is 2.97. The second-order valence-corrected chi connectivity index (χ2v) is 7.20. The van der Waals surface area contributed by atoms with Crippen molar-refractivity contribution in [2.45, 2.75) is 31.7 Å². The quantitative estimate of drug-likeness (QED) is 0.741. The number of rotatable bonds is 6. The normalized spacial score (nSPS) is 18.2. The molecule has 1 atom stereocenters. The van der Waals surface area contributed by atoms with Crippen LogP contribution in [0.4, 0.5) is 15.8 Å². The molecule has 1 saturated heterocycles. The van der Waals surface area contributed by atoms with Crippen LogP contribution in [0.25, 0.3) is 0 Å². The summed E-state index contributed by atoms with van der Waals surface area (Å²) in [6.45, 7) is 0.991. The van der Waals surface area contributed by atoms with E-state index in [1.807, 2.05) is 0 Å². The number of anilines is 2. The number of benzene rings is 1. The summed E-state index contributed by atoms with van der Waals surface area (Å²) in [5.74, 6) is -0.871. The standard InChI is InChI=1S/C14H20FN3O3S/c1-22(20,21)18-13-9-11(4-6-12(13)15)17-14(19)7-5-10-3-2-8-16-10/h4,6,9-10,16,18H,2-3,5,7-8H2,1H3,(H,17,19). The van der Waals surface area contributed by atoms with Crippen LogP contribution in [-0.2, 0) is 14.8 Å². The van der Waals surface area contributed by atoms with E-state index in [-0.39, 0.29) is 11.6 Å². The van der Waals surface area contributed by atoms with E-state index in [9.17, 15) is 17.6 Å². The third kappa shape index (κ3) is 5.27. The van der Waals surface area contributed by atoms with Crippen molar-refractivity contribution in [2.75, 3.05) is 22.8 Å². The van der Waals surface area contributed by atoms with E-state index in [1.165, 1.54) is 12.1 Å². The first-order valence-corrected chi connectivity index (χ1v) is 9.03. The molecule has 0 spiro atoms. The van der Waals surface area contributed by atoms with Crippen LogP contribution in [0.2, 0.25) is 0 Å². The van der Waals surface area contributed by atoms with Crippen molar-refractivity contribution in [3.63, 3.8) is 0 Å². The Kier molecular flexibility index (Phi) is 5.36. The third-order valence-corrected chi connectivity index (χ3v) is 4.02. The number of nitrogens with one attached hydrogen (secondary N) is 3. The molecule has 1 amide bonds. The van der Waals surface area contributed by atoms with Crippen molar-refractivity contribution in [1.29, 1.82) is 0 Å². The molecule has 22 heavy (non-hydrogen) atoms. The van der Waals surface area contributed by atoms with Crippen molar-refractivity contribution in [1.82, 2.24) is 5.32 Å². The summed E-state index contributed by atoms with van der Waals surface area (Å²) in [5.41, 5.74) is 0.176. The first kappa shape index (κ1) is 16.7. The Morgan fingerprint density at radius 1 is 1.45 bits per heavy atom. The molecular formula is C14H20FN3O3S. The van der Waals surface area contributed by atoms with E-state index in [4.69, 9.17) is 0 Å². The summed E-state index contributed by atoms with van der Waals surface area (Å²) in [7, 11) is -3.58. The van der Waals surface area contributed by atoms with Gasteiger partial charge in [0, 0.05) is 18.2 Å². The van der Waals surface area contributed by atoms with E-state index in [2.05, 4.69) is 15.4 Å². The second-order valence-electron chi connectivity index (χ2n) is 5.45. The zero-order valence-corrected chi connectivity index (χ0v) is 13.2. The lowest BCUT2D eigenvalue weighted by atomic mass is 10.1. The van der Waals surface area contributed by atoms with Crippen LogP contribution in [0.3, 0.4) is 0 Å². The Morgan fingerprint density at radius 3 is 2.86 bits per heavy atom. The van der Waals surface area contributed by atoms with E-state index < -0.39 is 15.8 Å². The highest BCUT2D eigenvalue weighted by atomic mass is 32.2. The van der Waals surface area contributed by atoms with Crippen LogP contribution >= 0.6 is 0 Å². The SMILES string of the molecule is CS(=O)(=O)Nc1cc(NC(=O)CCC2CCCN2)ccc1F. The first-order valence-electron chi connectivity index (χ1n) is 7.14. The molecule has 1 fully saturated rings. The fraction of sp³-hybridized carbons (Fsp3) is 0.500. The molecular weight excluding hydrogens is 309 g/mol. The summed E-state index contributed by atoms with van der Waals surface area (Å²) in [6, 6.07) is 4.15. The maximum atomic E-state index is 13.5. The van der Waals surface area contributed by atoms with E-state index in [1.54, 1.807) is 0 Å². The lowest BCUT2D eigenvalue weighted by Crippen LogP contribution is -2.23. The Balaban J connectivity index is 1.94. The minimum absolute atomic E-state index is 0.175. The lowest BCUT2D eigenvalue weighted by Gasteiger charge is -2.11. The molecule has 0 radical (unpaired) electrons. The molecule has 1 heterocycles. The van der Waals surface area contributed by atoms with Crippen LogP contribution in [0.15, 0.2) is 18.2 Å². The molecule has 6 nitrogen and oxygen atoms in total. The Morgan fingerprint density at radius 2 is 2.23 bits per heavy atom. The largest absolute Gasteiger partial charge is 0.326 e. The minimum atomic E-state index is -3.58. The van der Waals surface area contributed by atoms with Gasteiger partial charge in [0.25, 0.3) is 0 Å².